The maximum absolute atomic E-state index is 5.78. The van der Waals surface area contributed by atoms with Crippen molar-refractivity contribution in [2.24, 2.45) is 0 Å². The molecule has 2 aromatic rings. The first-order chi connectivity index (χ1) is 10.8. The quantitative estimate of drug-likeness (QED) is 0.710. The molecule has 0 unspecified atom stereocenters. The van der Waals surface area contributed by atoms with Crippen LogP contribution < -0.4 is 0 Å². The lowest BCUT2D eigenvalue weighted by molar-refractivity contribution is -0.171. The zero-order chi connectivity index (χ0) is 14.8. The zero-order valence-electron chi connectivity index (χ0n) is 12.7. The topological polar surface area (TPSA) is 18.5 Å². The van der Waals surface area contributed by atoms with Crippen molar-refractivity contribution < 1.29 is 9.47 Å². The van der Waals surface area contributed by atoms with Gasteiger partial charge in [-0.05, 0) is 40.8 Å². The molecule has 0 aromatic heterocycles. The van der Waals surface area contributed by atoms with Crippen LogP contribution in [0.2, 0.25) is 0 Å². The van der Waals surface area contributed by atoms with Crippen molar-refractivity contribution in [3.63, 3.8) is 0 Å². The highest BCUT2D eigenvalue weighted by Gasteiger charge is 2.38. The molecule has 2 heteroatoms. The number of rotatable bonds is 1. The summed E-state index contributed by atoms with van der Waals surface area (Å²) in [6.45, 7) is 1.48. The minimum atomic E-state index is -0.287. The minimum Gasteiger partial charge on any atom is -0.348 e. The van der Waals surface area contributed by atoms with Crippen molar-refractivity contribution in [2.75, 3.05) is 13.2 Å². The molecule has 1 aliphatic heterocycles. The van der Waals surface area contributed by atoms with Gasteiger partial charge in [0.25, 0.3) is 0 Å². The monoisotopic (exact) mass is 292 g/mol. The Morgan fingerprint density at radius 1 is 0.909 bits per heavy atom. The van der Waals surface area contributed by atoms with Gasteiger partial charge in [-0.25, -0.2) is 0 Å². The summed E-state index contributed by atoms with van der Waals surface area (Å²) in [5.41, 5.74) is 6.13. The summed E-state index contributed by atoms with van der Waals surface area (Å²) in [6.07, 6.45) is 6.08. The molecule has 0 amide bonds. The van der Waals surface area contributed by atoms with E-state index in [0.29, 0.717) is 0 Å². The van der Waals surface area contributed by atoms with E-state index in [4.69, 9.17) is 9.47 Å². The summed E-state index contributed by atoms with van der Waals surface area (Å²) >= 11 is 0. The van der Waals surface area contributed by atoms with Gasteiger partial charge in [-0.1, -0.05) is 42.5 Å². The first kappa shape index (κ1) is 13.8. The van der Waals surface area contributed by atoms with Crippen LogP contribution in [0.1, 0.15) is 31.2 Å². The van der Waals surface area contributed by atoms with E-state index >= 15 is 0 Å². The summed E-state index contributed by atoms with van der Waals surface area (Å²) in [4.78, 5) is 0. The Bertz CT molecular complexity index is 730. The van der Waals surface area contributed by atoms with Crippen molar-refractivity contribution in [3.05, 3.63) is 59.3 Å². The predicted molar refractivity (Wildman–Crippen MR) is 88.5 cm³/mol. The molecule has 1 spiro atoms. The molecule has 1 aliphatic carbocycles. The van der Waals surface area contributed by atoms with Crippen molar-refractivity contribution in [1.82, 2.24) is 0 Å². The highest BCUT2D eigenvalue weighted by atomic mass is 16.7. The number of allylic oxidation sites excluding steroid dienone is 1. The molecule has 22 heavy (non-hydrogen) atoms. The van der Waals surface area contributed by atoms with Gasteiger partial charge in [-0.15, -0.1) is 5.73 Å². The van der Waals surface area contributed by atoms with Crippen LogP contribution in [0.15, 0.2) is 53.8 Å². The lowest BCUT2D eigenvalue weighted by Crippen LogP contribution is -2.32. The highest BCUT2D eigenvalue weighted by Crippen LogP contribution is 2.37. The molecule has 2 aliphatic rings. The molecule has 1 saturated carbocycles. The molecule has 1 heterocycles. The summed E-state index contributed by atoms with van der Waals surface area (Å²) in [7, 11) is 0. The molecule has 0 atom stereocenters. The fourth-order valence-corrected chi connectivity index (χ4v) is 3.42. The minimum absolute atomic E-state index is 0.287. The van der Waals surface area contributed by atoms with Gasteiger partial charge in [0.15, 0.2) is 5.79 Å². The van der Waals surface area contributed by atoms with Crippen LogP contribution in [0.5, 0.6) is 0 Å². The predicted octanol–water partition coefficient (Wildman–Crippen LogP) is 4.70. The SMILES string of the molecule is C(=Cc1cccc2ccccc12)=C1CCC2(CC1)OCCO2. The highest BCUT2D eigenvalue weighted by molar-refractivity contribution is 5.90. The van der Waals surface area contributed by atoms with Gasteiger partial charge >= 0.3 is 0 Å². The number of hydrogen-bond acceptors (Lipinski definition) is 2. The van der Waals surface area contributed by atoms with Gasteiger partial charge in [-0.2, -0.15) is 0 Å². The zero-order valence-corrected chi connectivity index (χ0v) is 12.7. The van der Waals surface area contributed by atoms with Gasteiger partial charge < -0.3 is 9.47 Å². The van der Waals surface area contributed by atoms with Crippen LogP contribution in [0.3, 0.4) is 0 Å². The molecule has 4 rings (SSSR count). The Hall–Kier alpha value is -1.86. The summed E-state index contributed by atoms with van der Waals surface area (Å²) in [6, 6.07) is 14.9. The van der Waals surface area contributed by atoms with Crippen LogP contribution in [0, 0.1) is 0 Å². The average molecular weight is 292 g/mol. The maximum atomic E-state index is 5.78. The number of fused-ring (bicyclic) bond motifs is 1. The summed E-state index contributed by atoms with van der Waals surface area (Å²) in [5, 5.41) is 2.56. The Labute approximate surface area is 131 Å². The van der Waals surface area contributed by atoms with Crippen molar-refractivity contribution in [2.45, 2.75) is 31.5 Å². The van der Waals surface area contributed by atoms with E-state index in [1.54, 1.807) is 0 Å². The first-order valence-corrected chi connectivity index (χ1v) is 8.05. The molecule has 2 fully saturated rings. The lowest BCUT2D eigenvalue weighted by atomic mass is 9.90. The van der Waals surface area contributed by atoms with Crippen molar-refractivity contribution in [1.29, 1.82) is 0 Å². The van der Waals surface area contributed by atoms with Crippen LogP contribution in [0.25, 0.3) is 16.8 Å². The molecular weight excluding hydrogens is 272 g/mol. The molecule has 112 valence electrons. The second-order valence-electron chi connectivity index (χ2n) is 6.07. The van der Waals surface area contributed by atoms with E-state index in [2.05, 4.69) is 54.3 Å². The van der Waals surface area contributed by atoms with Gasteiger partial charge in [-0.3, -0.25) is 0 Å². The Morgan fingerprint density at radius 3 is 2.45 bits per heavy atom. The van der Waals surface area contributed by atoms with E-state index in [1.165, 1.54) is 21.9 Å². The van der Waals surface area contributed by atoms with Gasteiger partial charge in [0.2, 0.25) is 0 Å². The third kappa shape index (κ3) is 2.62. The largest absolute Gasteiger partial charge is 0.348 e. The van der Waals surface area contributed by atoms with Crippen molar-refractivity contribution >= 4 is 16.8 Å². The van der Waals surface area contributed by atoms with E-state index in [1.807, 2.05) is 0 Å². The van der Waals surface area contributed by atoms with Gasteiger partial charge in [0.1, 0.15) is 0 Å². The number of ether oxygens (including phenoxy) is 2. The molecule has 1 saturated heterocycles. The Balaban J connectivity index is 1.58. The Kier molecular flexibility index (Phi) is 3.59. The molecule has 2 aromatic carbocycles. The summed E-state index contributed by atoms with van der Waals surface area (Å²) < 4.78 is 11.6. The Morgan fingerprint density at radius 2 is 1.64 bits per heavy atom. The average Bonchev–Trinajstić information content (AvgIpc) is 3.03. The smallest absolute Gasteiger partial charge is 0.169 e. The summed E-state index contributed by atoms with van der Waals surface area (Å²) in [5.74, 6) is -0.287. The van der Waals surface area contributed by atoms with Crippen LogP contribution in [-0.2, 0) is 9.47 Å². The van der Waals surface area contributed by atoms with Crippen molar-refractivity contribution in [3.8, 4) is 0 Å². The fourth-order valence-electron chi connectivity index (χ4n) is 3.42. The fraction of sp³-hybridized carbons (Fsp3) is 0.350. The van der Waals surface area contributed by atoms with Crippen LogP contribution in [-0.4, -0.2) is 19.0 Å². The van der Waals surface area contributed by atoms with E-state index < -0.39 is 0 Å². The van der Waals surface area contributed by atoms with E-state index in [0.717, 1.165) is 38.9 Å². The molecular formula is C20H20O2. The third-order valence-electron chi connectivity index (χ3n) is 4.68. The number of benzene rings is 2. The first-order valence-electron chi connectivity index (χ1n) is 8.05. The van der Waals surface area contributed by atoms with E-state index in [-0.39, 0.29) is 5.79 Å². The van der Waals surface area contributed by atoms with Crippen LogP contribution >= 0.6 is 0 Å². The molecule has 0 radical (unpaired) electrons. The normalized spacial score (nSPS) is 20.3. The lowest BCUT2D eigenvalue weighted by Gasteiger charge is -2.31. The third-order valence-corrected chi connectivity index (χ3v) is 4.68. The maximum Gasteiger partial charge on any atom is 0.169 e. The molecule has 0 bridgehead atoms. The standard InChI is InChI=1S/C20H20O2/c1-2-7-19-17(4-1)5-3-6-18(19)9-8-16-10-12-20(13-11-16)21-14-15-22-20/h1-7,9H,10-15H2. The molecule has 0 N–H and O–H groups in total. The van der Waals surface area contributed by atoms with Gasteiger partial charge in [0, 0.05) is 12.8 Å². The van der Waals surface area contributed by atoms with E-state index in [9.17, 15) is 0 Å². The second-order valence-corrected chi connectivity index (χ2v) is 6.07. The van der Waals surface area contributed by atoms with Crippen LogP contribution in [0.4, 0.5) is 0 Å². The number of hydrogen-bond donors (Lipinski definition) is 0. The van der Waals surface area contributed by atoms with Gasteiger partial charge in [0.05, 0.1) is 13.2 Å². The second kappa shape index (κ2) is 5.73. The molecule has 2 nitrogen and oxygen atoms in total.